The van der Waals surface area contributed by atoms with Gasteiger partial charge in [0.25, 0.3) is 5.91 Å². The SMILES string of the molecule is CC(C(=O)Nc1nccs1)=C1CNC1. The number of hydrogen-bond acceptors (Lipinski definition) is 4. The van der Waals surface area contributed by atoms with Gasteiger partial charge >= 0.3 is 0 Å². The molecule has 0 spiro atoms. The van der Waals surface area contributed by atoms with Crippen molar-refractivity contribution in [2.75, 3.05) is 18.4 Å². The summed E-state index contributed by atoms with van der Waals surface area (Å²) in [6.45, 7) is 3.51. The maximum Gasteiger partial charge on any atom is 0.253 e. The Morgan fingerprint density at radius 3 is 2.93 bits per heavy atom. The Hall–Kier alpha value is -1.20. The van der Waals surface area contributed by atoms with Crippen LogP contribution in [0.15, 0.2) is 22.7 Å². The Balaban J connectivity index is 2.02. The minimum absolute atomic E-state index is 0.0450. The molecule has 1 aliphatic heterocycles. The minimum atomic E-state index is -0.0450. The zero-order valence-electron chi connectivity index (χ0n) is 7.83. The molecule has 1 aromatic heterocycles. The van der Waals surface area contributed by atoms with E-state index in [1.807, 2.05) is 12.3 Å². The molecule has 4 nitrogen and oxygen atoms in total. The summed E-state index contributed by atoms with van der Waals surface area (Å²) in [5.41, 5.74) is 1.98. The van der Waals surface area contributed by atoms with Gasteiger partial charge in [-0.05, 0) is 12.5 Å². The van der Waals surface area contributed by atoms with Crippen molar-refractivity contribution in [1.29, 1.82) is 0 Å². The van der Waals surface area contributed by atoms with Crippen LogP contribution in [0.3, 0.4) is 0 Å². The van der Waals surface area contributed by atoms with Gasteiger partial charge in [-0.2, -0.15) is 0 Å². The predicted octanol–water partition coefficient (Wildman–Crippen LogP) is 1.00. The number of aromatic nitrogens is 1. The van der Waals surface area contributed by atoms with Gasteiger partial charge in [0.1, 0.15) is 0 Å². The molecule has 2 heterocycles. The number of thiazole rings is 1. The number of amides is 1. The summed E-state index contributed by atoms with van der Waals surface area (Å²) in [5, 5.41) is 8.35. The molecule has 1 fully saturated rings. The third kappa shape index (κ3) is 1.83. The summed E-state index contributed by atoms with van der Waals surface area (Å²) in [4.78, 5) is 15.6. The van der Waals surface area contributed by atoms with E-state index in [0.717, 1.165) is 18.7 Å². The van der Waals surface area contributed by atoms with Crippen LogP contribution in [0.25, 0.3) is 0 Å². The molecule has 1 aliphatic rings. The van der Waals surface area contributed by atoms with E-state index in [-0.39, 0.29) is 5.91 Å². The molecule has 5 heteroatoms. The normalized spacial score (nSPS) is 14.8. The Morgan fingerprint density at radius 2 is 2.43 bits per heavy atom. The minimum Gasteiger partial charge on any atom is -0.309 e. The molecule has 0 radical (unpaired) electrons. The quantitative estimate of drug-likeness (QED) is 0.714. The number of nitrogens with zero attached hydrogens (tertiary/aromatic N) is 1. The van der Waals surface area contributed by atoms with E-state index in [9.17, 15) is 4.79 Å². The number of hydrogen-bond donors (Lipinski definition) is 2. The highest BCUT2D eigenvalue weighted by Gasteiger charge is 2.16. The lowest BCUT2D eigenvalue weighted by Gasteiger charge is -2.21. The van der Waals surface area contributed by atoms with Gasteiger partial charge in [0.05, 0.1) is 0 Å². The summed E-state index contributed by atoms with van der Waals surface area (Å²) in [7, 11) is 0. The second-order valence-electron chi connectivity index (χ2n) is 3.12. The van der Waals surface area contributed by atoms with Crippen LogP contribution in [0.4, 0.5) is 5.13 Å². The van der Waals surface area contributed by atoms with E-state index in [4.69, 9.17) is 0 Å². The van der Waals surface area contributed by atoms with Crippen molar-refractivity contribution in [3.8, 4) is 0 Å². The standard InChI is InChI=1S/C9H11N3OS/c1-6(7-4-10-5-7)8(13)12-9-11-2-3-14-9/h2-3,10H,4-5H2,1H3,(H,11,12,13). The van der Waals surface area contributed by atoms with Gasteiger partial charge in [-0.15, -0.1) is 11.3 Å². The summed E-state index contributed by atoms with van der Waals surface area (Å²) >= 11 is 1.42. The molecule has 0 atom stereocenters. The van der Waals surface area contributed by atoms with Gasteiger partial charge < -0.3 is 5.32 Å². The van der Waals surface area contributed by atoms with Crippen molar-refractivity contribution in [1.82, 2.24) is 10.3 Å². The van der Waals surface area contributed by atoms with E-state index in [2.05, 4.69) is 15.6 Å². The van der Waals surface area contributed by atoms with E-state index >= 15 is 0 Å². The molecular formula is C9H11N3OS. The molecule has 0 saturated carbocycles. The maximum absolute atomic E-state index is 11.6. The Bertz CT molecular complexity index is 363. The highest BCUT2D eigenvalue weighted by atomic mass is 32.1. The second-order valence-corrected chi connectivity index (χ2v) is 4.02. The highest BCUT2D eigenvalue weighted by molar-refractivity contribution is 7.13. The first-order valence-electron chi connectivity index (χ1n) is 4.37. The Labute approximate surface area is 86.0 Å². The van der Waals surface area contributed by atoms with Crippen LogP contribution >= 0.6 is 11.3 Å². The van der Waals surface area contributed by atoms with Crippen molar-refractivity contribution in [3.63, 3.8) is 0 Å². The van der Waals surface area contributed by atoms with Gasteiger partial charge in [-0.3, -0.25) is 10.1 Å². The van der Waals surface area contributed by atoms with E-state index in [0.29, 0.717) is 5.13 Å². The molecule has 0 aromatic carbocycles. The molecule has 2 N–H and O–H groups in total. The van der Waals surface area contributed by atoms with E-state index in [1.54, 1.807) is 6.20 Å². The topological polar surface area (TPSA) is 54.0 Å². The largest absolute Gasteiger partial charge is 0.309 e. The van der Waals surface area contributed by atoms with Gasteiger partial charge in [0.2, 0.25) is 0 Å². The molecule has 0 unspecified atom stereocenters. The number of nitrogens with one attached hydrogen (secondary N) is 2. The van der Waals surface area contributed by atoms with Crippen LogP contribution in [0.1, 0.15) is 6.92 Å². The lowest BCUT2D eigenvalue weighted by Crippen LogP contribution is -2.36. The predicted molar refractivity (Wildman–Crippen MR) is 56.3 cm³/mol. The molecule has 1 aromatic rings. The molecule has 14 heavy (non-hydrogen) atoms. The summed E-state index contributed by atoms with van der Waals surface area (Å²) in [6, 6.07) is 0. The summed E-state index contributed by atoms with van der Waals surface area (Å²) in [6.07, 6.45) is 1.67. The molecule has 1 amide bonds. The van der Waals surface area contributed by atoms with Gasteiger partial charge in [-0.25, -0.2) is 4.98 Å². The van der Waals surface area contributed by atoms with Gasteiger partial charge in [0.15, 0.2) is 5.13 Å². The van der Waals surface area contributed by atoms with Crippen LogP contribution in [0, 0.1) is 0 Å². The maximum atomic E-state index is 11.6. The molecule has 1 saturated heterocycles. The van der Waals surface area contributed by atoms with Crippen LogP contribution in [0.5, 0.6) is 0 Å². The number of rotatable bonds is 2. The number of carbonyl (C=O) groups is 1. The van der Waals surface area contributed by atoms with Crippen molar-refractivity contribution in [2.45, 2.75) is 6.92 Å². The van der Waals surface area contributed by atoms with Crippen LogP contribution in [-0.4, -0.2) is 24.0 Å². The summed E-state index contributed by atoms with van der Waals surface area (Å²) < 4.78 is 0. The monoisotopic (exact) mass is 209 g/mol. The number of carbonyl (C=O) groups excluding carboxylic acids is 1. The lowest BCUT2D eigenvalue weighted by atomic mass is 10.0. The van der Waals surface area contributed by atoms with E-state index in [1.165, 1.54) is 16.9 Å². The van der Waals surface area contributed by atoms with Crippen molar-refractivity contribution >= 4 is 22.4 Å². The molecular weight excluding hydrogens is 198 g/mol. The van der Waals surface area contributed by atoms with Gasteiger partial charge in [-0.1, -0.05) is 0 Å². The van der Waals surface area contributed by atoms with Crippen LogP contribution in [0.2, 0.25) is 0 Å². The first kappa shape index (κ1) is 9.36. The highest BCUT2D eigenvalue weighted by Crippen LogP contribution is 2.14. The molecule has 74 valence electrons. The molecule has 2 rings (SSSR count). The van der Waals surface area contributed by atoms with E-state index < -0.39 is 0 Å². The first-order chi connectivity index (χ1) is 6.77. The zero-order valence-corrected chi connectivity index (χ0v) is 8.65. The summed E-state index contributed by atoms with van der Waals surface area (Å²) in [5.74, 6) is -0.0450. The molecule has 0 aliphatic carbocycles. The Morgan fingerprint density at radius 1 is 1.64 bits per heavy atom. The third-order valence-corrected chi connectivity index (χ3v) is 2.89. The average Bonchev–Trinajstić information content (AvgIpc) is 2.53. The third-order valence-electron chi connectivity index (χ3n) is 2.20. The first-order valence-corrected chi connectivity index (χ1v) is 5.25. The smallest absolute Gasteiger partial charge is 0.253 e. The zero-order chi connectivity index (χ0) is 9.97. The fraction of sp³-hybridized carbons (Fsp3) is 0.333. The number of anilines is 1. The van der Waals surface area contributed by atoms with Gasteiger partial charge in [0, 0.05) is 30.2 Å². The fourth-order valence-electron chi connectivity index (χ4n) is 1.15. The van der Waals surface area contributed by atoms with Crippen molar-refractivity contribution in [3.05, 3.63) is 22.7 Å². The van der Waals surface area contributed by atoms with Crippen molar-refractivity contribution in [2.24, 2.45) is 0 Å². The lowest BCUT2D eigenvalue weighted by molar-refractivity contribution is -0.112. The van der Waals surface area contributed by atoms with Crippen LogP contribution in [-0.2, 0) is 4.79 Å². The van der Waals surface area contributed by atoms with Crippen molar-refractivity contribution < 1.29 is 4.79 Å². The fourth-order valence-corrected chi connectivity index (χ4v) is 1.68. The Kier molecular flexibility index (Phi) is 2.60. The average molecular weight is 209 g/mol. The van der Waals surface area contributed by atoms with Crippen LogP contribution < -0.4 is 10.6 Å². The molecule has 0 bridgehead atoms. The second kappa shape index (κ2) is 3.89.